The van der Waals surface area contributed by atoms with Crippen molar-refractivity contribution < 1.29 is 4.79 Å². The van der Waals surface area contributed by atoms with Crippen molar-refractivity contribution in [2.24, 2.45) is 0 Å². The lowest BCUT2D eigenvalue weighted by Gasteiger charge is -2.25. The van der Waals surface area contributed by atoms with E-state index in [2.05, 4.69) is 4.98 Å². The molecule has 0 bridgehead atoms. The van der Waals surface area contributed by atoms with Crippen molar-refractivity contribution in [1.29, 1.82) is 0 Å². The maximum absolute atomic E-state index is 12.2. The topological polar surface area (TPSA) is 33.2 Å². The number of pyridine rings is 1. The van der Waals surface area contributed by atoms with E-state index in [1.165, 1.54) is 0 Å². The van der Waals surface area contributed by atoms with E-state index in [9.17, 15) is 4.79 Å². The van der Waals surface area contributed by atoms with Gasteiger partial charge in [0.05, 0.1) is 12.2 Å². The van der Waals surface area contributed by atoms with Gasteiger partial charge in [-0.05, 0) is 37.1 Å². The Morgan fingerprint density at radius 2 is 1.85 bits per heavy atom. The molecule has 104 valence electrons. The van der Waals surface area contributed by atoms with Gasteiger partial charge in [0, 0.05) is 11.9 Å². The summed E-state index contributed by atoms with van der Waals surface area (Å²) in [5.41, 5.74) is 3.87. The highest BCUT2D eigenvalue weighted by Crippen LogP contribution is 2.26. The molecule has 3 nitrogen and oxygen atoms in total. The van der Waals surface area contributed by atoms with E-state index >= 15 is 0 Å². The van der Waals surface area contributed by atoms with Crippen molar-refractivity contribution in [3.05, 3.63) is 59.4 Å². The molecule has 0 aliphatic rings. The number of hydrogen-bond acceptors (Lipinski definition) is 2. The molecule has 1 heterocycles. The van der Waals surface area contributed by atoms with E-state index in [1.54, 1.807) is 11.1 Å². The maximum atomic E-state index is 12.2. The van der Waals surface area contributed by atoms with Crippen molar-refractivity contribution in [3.8, 4) is 0 Å². The standard InChI is InChI=1S/C16H17ClN2O/c1-12-6-5-7-13(2)16(12)19(15(20)10-17)11-14-8-3-4-9-18-14/h3-9H,10-11H2,1-2H3. The first-order valence-electron chi connectivity index (χ1n) is 6.46. The molecule has 0 aliphatic heterocycles. The first-order chi connectivity index (χ1) is 9.63. The highest BCUT2D eigenvalue weighted by Gasteiger charge is 2.19. The van der Waals surface area contributed by atoms with Crippen molar-refractivity contribution in [1.82, 2.24) is 4.98 Å². The lowest BCUT2D eigenvalue weighted by Crippen LogP contribution is -2.32. The van der Waals surface area contributed by atoms with Crippen molar-refractivity contribution in [3.63, 3.8) is 0 Å². The van der Waals surface area contributed by atoms with Crippen LogP contribution < -0.4 is 4.90 Å². The van der Waals surface area contributed by atoms with Gasteiger partial charge in [0.25, 0.3) is 0 Å². The van der Waals surface area contributed by atoms with Crippen LogP contribution in [-0.4, -0.2) is 16.8 Å². The zero-order valence-electron chi connectivity index (χ0n) is 11.6. The summed E-state index contributed by atoms with van der Waals surface area (Å²) in [6.45, 7) is 4.42. The number of hydrogen-bond donors (Lipinski definition) is 0. The second kappa shape index (κ2) is 6.53. The molecule has 0 radical (unpaired) electrons. The molecule has 4 heteroatoms. The van der Waals surface area contributed by atoms with Crippen LogP contribution >= 0.6 is 11.6 Å². The number of aryl methyl sites for hydroxylation is 2. The van der Waals surface area contributed by atoms with Gasteiger partial charge in [-0.15, -0.1) is 11.6 Å². The number of benzene rings is 1. The molecule has 0 spiro atoms. The van der Waals surface area contributed by atoms with Gasteiger partial charge >= 0.3 is 0 Å². The number of para-hydroxylation sites is 1. The van der Waals surface area contributed by atoms with Gasteiger partial charge in [-0.25, -0.2) is 0 Å². The third-order valence-electron chi connectivity index (χ3n) is 3.17. The average Bonchev–Trinajstić information content (AvgIpc) is 2.46. The second-order valence-corrected chi connectivity index (χ2v) is 4.94. The fourth-order valence-corrected chi connectivity index (χ4v) is 2.39. The first-order valence-corrected chi connectivity index (χ1v) is 6.99. The van der Waals surface area contributed by atoms with Crippen LogP contribution in [0, 0.1) is 13.8 Å². The van der Waals surface area contributed by atoms with Crippen LogP contribution in [0.15, 0.2) is 42.6 Å². The van der Waals surface area contributed by atoms with Crippen LogP contribution in [0.5, 0.6) is 0 Å². The summed E-state index contributed by atoms with van der Waals surface area (Å²) in [6, 6.07) is 11.7. The van der Waals surface area contributed by atoms with E-state index in [1.807, 2.05) is 50.2 Å². The van der Waals surface area contributed by atoms with Gasteiger partial charge in [0.2, 0.25) is 5.91 Å². The molecule has 1 amide bonds. The Hall–Kier alpha value is -1.87. The van der Waals surface area contributed by atoms with Gasteiger partial charge in [-0.1, -0.05) is 24.3 Å². The Labute approximate surface area is 124 Å². The monoisotopic (exact) mass is 288 g/mol. The van der Waals surface area contributed by atoms with E-state index in [-0.39, 0.29) is 11.8 Å². The van der Waals surface area contributed by atoms with Crippen LogP contribution in [0.4, 0.5) is 5.69 Å². The molecule has 1 aromatic heterocycles. The summed E-state index contributed by atoms with van der Waals surface area (Å²) >= 11 is 5.76. The van der Waals surface area contributed by atoms with Gasteiger partial charge < -0.3 is 4.90 Å². The Bertz CT molecular complexity index is 578. The molecule has 20 heavy (non-hydrogen) atoms. The largest absolute Gasteiger partial charge is 0.305 e. The highest BCUT2D eigenvalue weighted by atomic mass is 35.5. The number of halogens is 1. The normalized spacial score (nSPS) is 10.3. The highest BCUT2D eigenvalue weighted by molar-refractivity contribution is 6.29. The third kappa shape index (κ3) is 3.17. The van der Waals surface area contributed by atoms with Crippen LogP contribution in [-0.2, 0) is 11.3 Å². The number of aromatic nitrogens is 1. The maximum Gasteiger partial charge on any atom is 0.242 e. The predicted molar refractivity (Wildman–Crippen MR) is 82.1 cm³/mol. The van der Waals surface area contributed by atoms with Gasteiger partial charge in [-0.3, -0.25) is 9.78 Å². The minimum Gasteiger partial charge on any atom is -0.305 e. The van der Waals surface area contributed by atoms with Crippen LogP contribution in [0.1, 0.15) is 16.8 Å². The molecule has 0 unspecified atom stereocenters. The molecule has 2 rings (SSSR count). The third-order valence-corrected chi connectivity index (χ3v) is 3.40. The number of carbonyl (C=O) groups excluding carboxylic acids is 1. The van der Waals surface area contributed by atoms with Crippen LogP contribution in [0.3, 0.4) is 0 Å². The van der Waals surface area contributed by atoms with E-state index < -0.39 is 0 Å². The SMILES string of the molecule is Cc1cccc(C)c1N(Cc1ccccn1)C(=O)CCl. The van der Waals surface area contributed by atoms with Crippen molar-refractivity contribution in [2.75, 3.05) is 10.8 Å². The lowest BCUT2D eigenvalue weighted by molar-refractivity contribution is -0.116. The summed E-state index contributed by atoms with van der Waals surface area (Å²) in [6.07, 6.45) is 1.73. The zero-order valence-corrected chi connectivity index (χ0v) is 12.4. The lowest BCUT2D eigenvalue weighted by atomic mass is 10.1. The summed E-state index contributed by atoms with van der Waals surface area (Å²) in [7, 11) is 0. The fourth-order valence-electron chi connectivity index (χ4n) is 2.25. The van der Waals surface area contributed by atoms with Gasteiger partial charge in [0.15, 0.2) is 0 Å². The number of alkyl halides is 1. The molecule has 0 N–H and O–H groups in total. The fraction of sp³-hybridized carbons (Fsp3) is 0.250. The second-order valence-electron chi connectivity index (χ2n) is 4.68. The van der Waals surface area contributed by atoms with Crippen molar-refractivity contribution >= 4 is 23.2 Å². The Morgan fingerprint density at radius 1 is 1.15 bits per heavy atom. The Balaban J connectivity index is 2.41. The first kappa shape index (κ1) is 14.5. The Kier molecular flexibility index (Phi) is 4.74. The molecule has 0 fully saturated rings. The molecule has 0 aliphatic carbocycles. The summed E-state index contributed by atoms with van der Waals surface area (Å²) in [4.78, 5) is 18.2. The molecule has 0 saturated carbocycles. The van der Waals surface area contributed by atoms with E-state index in [4.69, 9.17) is 11.6 Å². The van der Waals surface area contributed by atoms with E-state index in [0.29, 0.717) is 6.54 Å². The summed E-state index contributed by atoms with van der Waals surface area (Å²) < 4.78 is 0. The number of rotatable bonds is 4. The van der Waals surface area contributed by atoms with Gasteiger partial charge in [0.1, 0.15) is 5.88 Å². The van der Waals surface area contributed by atoms with Crippen molar-refractivity contribution in [2.45, 2.75) is 20.4 Å². The minimum absolute atomic E-state index is 0.0411. The van der Waals surface area contributed by atoms with Crippen LogP contribution in [0.2, 0.25) is 0 Å². The number of anilines is 1. The molecular formula is C16H17ClN2O. The average molecular weight is 289 g/mol. The minimum atomic E-state index is -0.116. The molecule has 0 atom stereocenters. The quantitative estimate of drug-likeness (QED) is 0.807. The number of amides is 1. The Morgan fingerprint density at radius 3 is 2.40 bits per heavy atom. The van der Waals surface area contributed by atoms with Gasteiger partial charge in [-0.2, -0.15) is 0 Å². The number of nitrogens with zero attached hydrogens (tertiary/aromatic N) is 2. The van der Waals surface area contributed by atoms with E-state index in [0.717, 1.165) is 22.5 Å². The predicted octanol–water partition coefficient (Wildman–Crippen LogP) is 3.47. The summed E-state index contributed by atoms with van der Waals surface area (Å²) in [5, 5.41) is 0. The number of carbonyl (C=O) groups is 1. The molecular weight excluding hydrogens is 272 g/mol. The molecule has 1 aromatic carbocycles. The summed E-state index contributed by atoms with van der Waals surface area (Å²) in [5.74, 6) is -0.157. The zero-order chi connectivity index (χ0) is 14.5. The molecule has 2 aromatic rings. The van der Waals surface area contributed by atoms with Crippen LogP contribution in [0.25, 0.3) is 0 Å². The molecule has 0 saturated heterocycles. The smallest absolute Gasteiger partial charge is 0.242 e.